The molecular weight excluding hydrogens is 266 g/mol. The number of aromatic hydroxyl groups is 1. The smallest absolute Gasteiger partial charge is 0.228 e. The van der Waals surface area contributed by atoms with Gasteiger partial charge in [0.2, 0.25) is 16.0 Å². The fraction of sp³-hybridized carbons (Fsp3) is 0.167. The van der Waals surface area contributed by atoms with Crippen molar-refractivity contribution in [2.45, 2.75) is 17.8 Å². The molecule has 1 N–H and O–H groups in total. The summed E-state index contributed by atoms with van der Waals surface area (Å²) in [4.78, 5) is 5.96. The average Bonchev–Trinajstić information content (AvgIpc) is 2.89. The van der Waals surface area contributed by atoms with Gasteiger partial charge in [0.05, 0.1) is 4.88 Å². The van der Waals surface area contributed by atoms with Crippen molar-refractivity contribution in [2.24, 2.45) is 0 Å². The molecule has 2 heterocycles. The van der Waals surface area contributed by atoms with Gasteiger partial charge in [-0.15, -0.1) is 5.10 Å². The Morgan fingerprint density at radius 3 is 2.83 bits per heavy atom. The van der Waals surface area contributed by atoms with Gasteiger partial charge in [0.25, 0.3) is 0 Å². The van der Waals surface area contributed by atoms with Crippen LogP contribution < -0.4 is 0 Å². The molecule has 0 spiro atoms. The summed E-state index contributed by atoms with van der Waals surface area (Å²) in [5, 5.41) is 14.7. The Labute approximate surface area is 112 Å². The molecular formula is C12H11N3OS2. The highest BCUT2D eigenvalue weighted by molar-refractivity contribution is 7.98. The zero-order chi connectivity index (χ0) is 12.5. The van der Waals surface area contributed by atoms with Gasteiger partial charge in [-0.25, -0.2) is 0 Å². The minimum atomic E-state index is 0.189. The molecule has 0 saturated carbocycles. The Kier molecular flexibility index (Phi) is 2.97. The maximum atomic E-state index is 9.76. The van der Waals surface area contributed by atoms with Crippen molar-refractivity contribution >= 4 is 28.1 Å². The summed E-state index contributed by atoms with van der Waals surface area (Å²) in [6, 6.07) is 10.2. The third kappa shape index (κ3) is 2.09. The predicted molar refractivity (Wildman–Crippen MR) is 73.3 cm³/mol. The molecule has 3 rings (SSSR count). The molecule has 0 saturated heterocycles. The summed E-state index contributed by atoms with van der Waals surface area (Å²) in [6.45, 7) is 1.85. The van der Waals surface area contributed by atoms with Crippen molar-refractivity contribution in [2.75, 3.05) is 0 Å². The molecule has 0 aliphatic heterocycles. The molecule has 1 aromatic carbocycles. The number of thioether (sulfide) groups is 1. The summed E-state index contributed by atoms with van der Waals surface area (Å²) < 4.78 is 1.49. The van der Waals surface area contributed by atoms with Crippen molar-refractivity contribution in [1.29, 1.82) is 0 Å². The summed E-state index contributed by atoms with van der Waals surface area (Å²) in [7, 11) is 0. The molecule has 2 aromatic heterocycles. The van der Waals surface area contributed by atoms with Crippen LogP contribution in [0.25, 0.3) is 4.96 Å². The number of thiazole rings is 1. The first kappa shape index (κ1) is 11.6. The Morgan fingerprint density at radius 2 is 2.11 bits per heavy atom. The van der Waals surface area contributed by atoms with Crippen molar-refractivity contribution in [3.63, 3.8) is 0 Å². The Balaban J connectivity index is 1.79. The maximum Gasteiger partial charge on any atom is 0.228 e. The third-order valence-electron chi connectivity index (χ3n) is 2.53. The lowest BCUT2D eigenvalue weighted by molar-refractivity contribution is 0.435. The zero-order valence-corrected chi connectivity index (χ0v) is 11.3. The number of hydrogen-bond acceptors (Lipinski definition) is 5. The number of nitrogens with zero attached hydrogens (tertiary/aromatic N) is 3. The molecule has 18 heavy (non-hydrogen) atoms. The van der Waals surface area contributed by atoms with Crippen molar-refractivity contribution in [3.8, 4) is 5.88 Å². The van der Waals surface area contributed by atoms with Gasteiger partial charge < -0.3 is 5.11 Å². The second-order valence-corrected chi connectivity index (χ2v) is 5.97. The summed E-state index contributed by atoms with van der Waals surface area (Å²) in [5.74, 6) is 1.02. The maximum absolute atomic E-state index is 9.76. The quantitative estimate of drug-likeness (QED) is 0.747. The Hall–Kier alpha value is -1.53. The van der Waals surface area contributed by atoms with E-state index in [9.17, 15) is 5.11 Å². The second kappa shape index (κ2) is 4.62. The van der Waals surface area contributed by atoms with Crippen LogP contribution in [0.2, 0.25) is 0 Å². The molecule has 0 amide bonds. The second-order valence-electron chi connectivity index (χ2n) is 3.84. The standard InChI is InChI=1S/C12H11N3OS2/c1-8-10(16)15-12(18-8)13-11(14-15)17-7-9-5-3-2-4-6-9/h2-6,16H,7H2,1H3. The number of rotatable bonds is 3. The average molecular weight is 277 g/mol. The van der Waals surface area contributed by atoms with Gasteiger partial charge in [-0.3, -0.25) is 0 Å². The van der Waals surface area contributed by atoms with E-state index >= 15 is 0 Å². The molecule has 0 aliphatic carbocycles. The minimum Gasteiger partial charge on any atom is -0.492 e. The van der Waals surface area contributed by atoms with E-state index in [4.69, 9.17) is 0 Å². The molecule has 0 radical (unpaired) electrons. The van der Waals surface area contributed by atoms with Crippen molar-refractivity contribution in [1.82, 2.24) is 14.6 Å². The molecule has 92 valence electrons. The minimum absolute atomic E-state index is 0.189. The van der Waals surface area contributed by atoms with Crippen LogP contribution >= 0.6 is 23.1 Å². The number of hydrogen-bond donors (Lipinski definition) is 1. The highest BCUT2D eigenvalue weighted by Crippen LogP contribution is 2.29. The zero-order valence-electron chi connectivity index (χ0n) is 9.70. The monoisotopic (exact) mass is 277 g/mol. The van der Waals surface area contributed by atoms with Gasteiger partial charge in [0.15, 0.2) is 0 Å². The molecule has 0 bridgehead atoms. The lowest BCUT2D eigenvalue weighted by Crippen LogP contribution is -1.84. The van der Waals surface area contributed by atoms with Gasteiger partial charge in [-0.05, 0) is 12.5 Å². The van der Waals surface area contributed by atoms with Crippen LogP contribution in [0.15, 0.2) is 35.5 Å². The van der Waals surface area contributed by atoms with E-state index in [1.54, 1.807) is 11.8 Å². The predicted octanol–water partition coefficient (Wildman–Crippen LogP) is 3.10. The van der Waals surface area contributed by atoms with E-state index in [1.165, 1.54) is 21.4 Å². The van der Waals surface area contributed by atoms with E-state index in [-0.39, 0.29) is 5.88 Å². The fourth-order valence-electron chi connectivity index (χ4n) is 1.60. The van der Waals surface area contributed by atoms with Crippen LogP contribution in [0.3, 0.4) is 0 Å². The van der Waals surface area contributed by atoms with Crippen LogP contribution in [0.5, 0.6) is 5.88 Å². The van der Waals surface area contributed by atoms with Crippen LogP contribution in [0, 0.1) is 6.92 Å². The van der Waals surface area contributed by atoms with Gasteiger partial charge in [-0.2, -0.15) is 9.50 Å². The molecule has 4 nitrogen and oxygen atoms in total. The topological polar surface area (TPSA) is 50.4 Å². The molecule has 0 unspecified atom stereocenters. The van der Waals surface area contributed by atoms with Gasteiger partial charge in [0.1, 0.15) is 0 Å². The van der Waals surface area contributed by atoms with E-state index in [2.05, 4.69) is 22.2 Å². The van der Waals surface area contributed by atoms with E-state index in [1.807, 2.05) is 25.1 Å². The van der Waals surface area contributed by atoms with Gasteiger partial charge in [-0.1, -0.05) is 53.4 Å². The summed E-state index contributed by atoms with van der Waals surface area (Å²) >= 11 is 3.02. The van der Waals surface area contributed by atoms with E-state index in [0.29, 0.717) is 5.16 Å². The van der Waals surface area contributed by atoms with Crippen molar-refractivity contribution < 1.29 is 5.11 Å². The van der Waals surface area contributed by atoms with Crippen LogP contribution in [0.1, 0.15) is 10.4 Å². The first-order valence-corrected chi connectivity index (χ1v) is 7.26. The number of aryl methyl sites for hydroxylation is 1. The Morgan fingerprint density at radius 1 is 1.33 bits per heavy atom. The van der Waals surface area contributed by atoms with Crippen molar-refractivity contribution in [3.05, 3.63) is 40.8 Å². The summed E-state index contributed by atoms with van der Waals surface area (Å²) in [5.41, 5.74) is 1.24. The normalized spacial score (nSPS) is 11.2. The third-order valence-corrected chi connectivity index (χ3v) is 4.37. The lowest BCUT2D eigenvalue weighted by Gasteiger charge is -1.96. The van der Waals surface area contributed by atoms with E-state index < -0.39 is 0 Å². The first-order chi connectivity index (χ1) is 8.74. The Bertz CT molecular complexity index is 675. The highest BCUT2D eigenvalue weighted by atomic mass is 32.2. The fourth-order valence-corrected chi connectivity index (χ4v) is 3.23. The number of benzene rings is 1. The van der Waals surface area contributed by atoms with Gasteiger partial charge in [0, 0.05) is 5.75 Å². The number of fused-ring (bicyclic) bond motifs is 1. The SMILES string of the molecule is Cc1sc2nc(SCc3ccccc3)nn2c1O. The molecule has 6 heteroatoms. The molecule has 0 fully saturated rings. The highest BCUT2D eigenvalue weighted by Gasteiger charge is 2.12. The molecule has 0 atom stereocenters. The van der Waals surface area contributed by atoms with Crippen LogP contribution in [-0.4, -0.2) is 19.7 Å². The summed E-state index contributed by atoms with van der Waals surface area (Å²) in [6.07, 6.45) is 0. The van der Waals surface area contributed by atoms with Crippen LogP contribution in [0.4, 0.5) is 0 Å². The lowest BCUT2D eigenvalue weighted by atomic mass is 10.2. The van der Waals surface area contributed by atoms with Gasteiger partial charge >= 0.3 is 0 Å². The molecule has 0 aliphatic rings. The number of aromatic nitrogens is 3. The first-order valence-electron chi connectivity index (χ1n) is 5.46. The molecule has 3 aromatic rings. The van der Waals surface area contributed by atoms with Crippen LogP contribution in [-0.2, 0) is 5.75 Å². The van der Waals surface area contributed by atoms with E-state index in [0.717, 1.165) is 15.6 Å². The largest absolute Gasteiger partial charge is 0.492 e.